The van der Waals surface area contributed by atoms with E-state index in [1.807, 2.05) is 0 Å². The highest BCUT2D eigenvalue weighted by atomic mass is 35.5. The Balaban J connectivity index is 0.000000980. The molecule has 5 heteroatoms. The predicted octanol–water partition coefficient (Wildman–Crippen LogP) is 3.07. The van der Waals surface area contributed by atoms with Gasteiger partial charge in [0.1, 0.15) is 11.6 Å². The maximum absolute atomic E-state index is 13.2. The molecule has 1 heterocycles. The summed E-state index contributed by atoms with van der Waals surface area (Å²) in [6.45, 7) is 0.830. The van der Waals surface area contributed by atoms with Crippen LogP contribution in [0.25, 0.3) is 0 Å². The van der Waals surface area contributed by atoms with E-state index < -0.39 is 11.6 Å². The SMILES string of the molecule is Cl.Fc1ccc(F)c([C@@H]2CCN2)c1Cl. The van der Waals surface area contributed by atoms with E-state index in [1.165, 1.54) is 0 Å². The molecule has 1 aromatic carbocycles. The van der Waals surface area contributed by atoms with Gasteiger partial charge in [0, 0.05) is 11.6 Å². The van der Waals surface area contributed by atoms with Crippen molar-refractivity contribution >= 4 is 24.0 Å². The molecule has 1 aliphatic heterocycles. The number of benzene rings is 1. The minimum absolute atomic E-state index is 0. The lowest BCUT2D eigenvalue weighted by Gasteiger charge is -2.29. The van der Waals surface area contributed by atoms with Crippen LogP contribution in [-0.2, 0) is 0 Å². The Hall–Kier alpha value is -0.380. The summed E-state index contributed by atoms with van der Waals surface area (Å²) in [6, 6.07) is 2.03. The van der Waals surface area contributed by atoms with Crippen LogP contribution in [0.3, 0.4) is 0 Å². The molecule has 0 aliphatic carbocycles. The molecule has 0 unspecified atom stereocenters. The molecule has 0 spiro atoms. The van der Waals surface area contributed by atoms with Gasteiger partial charge in [-0.25, -0.2) is 8.78 Å². The van der Waals surface area contributed by atoms with E-state index in [-0.39, 0.29) is 29.0 Å². The summed E-state index contributed by atoms with van der Waals surface area (Å²) in [5.41, 5.74) is 0.257. The molecule has 1 nitrogen and oxygen atoms in total. The molecule has 1 atom stereocenters. The maximum Gasteiger partial charge on any atom is 0.142 e. The van der Waals surface area contributed by atoms with Gasteiger partial charge in [-0.3, -0.25) is 0 Å². The van der Waals surface area contributed by atoms with Crippen LogP contribution in [0, 0.1) is 11.6 Å². The molecule has 0 saturated carbocycles. The molecule has 1 aliphatic rings. The van der Waals surface area contributed by atoms with Crippen LogP contribution < -0.4 is 5.32 Å². The molecule has 2 rings (SSSR count). The van der Waals surface area contributed by atoms with Crippen molar-refractivity contribution in [1.29, 1.82) is 0 Å². The van der Waals surface area contributed by atoms with Crippen LogP contribution in [0.1, 0.15) is 18.0 Å². The van der Waals surface area contributed by atoms with E-state index in [9.17, 15) is 8.78 Å². The van der Waals surface area contributed by atoms with E-state index in [0.717, 1.165) is 25.1 Å². The van der Waals surface area contributed by atoms with Gasteiger partial charge < -0.3 is 5.32 Å². The molecule has 0 bridgehead atoms. The lowest BCUT2D eigenvalue weighted by molar-refractivity contribution is 0.368. The smallest absolute Gasteiger partial charge is 0.142 e. The van der Waals surface area contributed by atoms with E-state index in [2.05, 4.69) is 5.32 Å². The summed E-state index contributed by atoms with van der Waals surface area (Å²) in [7, 11) is 0. The van der Waals surface area contributed by atoms with E-state index in [1.54, 1.807) is 0 Å². The highest BCUT2D eigenvalue weighted by molar-refractivity contribution is 6.31. The number of hydrogen-bond acceptors (Lipinski definition) is 1. The Bertz CT molecular complexity index is 340. The van der Waals surface area contributed by atoms with Crippen molar-refractivity contribution in [2.45, 2.75) is 12.5 Å². The molecule has 0 aromatic heterocycles. The summed E-state index contributed by atoms with van der Waals surface area (Å²) < 4.78 is 26.2. The standard InChI is InChI=1S/C9H8ClF2N.ClH/c10-9-6(12)2-1-5(11)8(9)7-3-4-13-7;/h1-2,7,13H,3-4H2;1H/t7-;/m0./s1. The van der Waals surface area contributed by atoms with Gasteiger partial charge in [0.25, 0.3) is 0 Å². The molecule has 1 N–H and O–H groups in total. The number of halogens is 4. The summed E-state index contributed by atoms with van der Waals surface area (Å²) >= 11 is 5.65. The van der Waals surface area contributed by atoms with Crippen molar-refractivity contribution in [2.24, 2.45) is 0 Å². The summed E-state index contributed by atoms with van der Waals surface area (Å²) in [4.78, 5) is 0. The summed E-state index contributed by atoms with van der Waals surface area (Å²) in [5.74, 6) is -1.00. The Morgan fingerprint density at radius 3 is 2.36 bits per heavy atom. The van der Waals surface area contributed by atoms with Crippen LogP contribution in [-0.4, -0.2) is 6.54 Å². The maximum atomic E-state index is 13.2. The van der Waals surface area contributed by atoms with Gasteiger partial charge in [0.15, 0.2) is 0 Å². The van der Waals surface area contributed by atoms with Crippen LogP contribution in [0.15, 0.2) is 12.1 Å². The highest BCUT2D eigenvalue weighted by Gasteiger charge is 2.25. The molecule has 1 aromatic rings. The first kappa shape index (κ1) is 11.7. The van der Waals surface area contributed by atoms with Crippen molar-refractivity contribution in [3.63, 3.8) is 0 Å². The van der Waals surface area contributed by atoms with Crippen LogP contribution in [0.2, 0.25) is 5.02 Å². The van der Waals surface area contributed by atoms with E-state index >= 15 is 0 Å². The zero-order valence-corrected chi connectivity index (χ0v) is 8.76. The van der Waals surface area contributed by atoms with Crippen molar-refractivity contribution < 1.29 is 8.78 Å². The first-order valence-corrected chi connectivity index (χ1v) is 4.44. The topological polar surface area (TPSA) is 12.0 Å². The first-order chi connectivity index (χ1) is 6.20. The second-order valence-electron chi connectivity index (χ2n) is 3.05. The van der Waals surface area contributed by atoms with Crippen LogP contribution in [0.4, 0.5) is 8.78 Å². The molecule has 0 radical (unpaired) electrons. The molecule has 78 valence electrons. The van der Waals surface area contributed by atoms with Gasteiger partial charge in [-0.2, -0.15) is 0 Å². The van der Waals surface area contributed by atoms with Gasteiger partial charge in [-0.15, -0.1) is 12.4 Å². The monoisotopic (exact) mass is 239 g/mol. The summed E-state index contributed by atoms with van der Waals surface area (Å²) in [5, 5.41) is 2.88. The van der Waals surface area contributed by atoms with Crippen LogP contribution in [0.5, 0.6) is 0 Å². The summed E-state index contributed by atoms with van der Waals surface area (Å²) in [6.07, 6.45) is 0.806. The molecule has 14 heavy (non-hydrogen) atoms. The third kappa shape index (κ3) is 1.85. The minimum Gasteiger partial charge on any atom is -0.310 e. The fraction of sp³-hybridized carbons (Fsp3) is 0.333. The third-order valence-electron chi connectivity index (χ3n) is 2.25. The molecule has 0 amide bonds. The zero-order valence-electron chi connectivity index (χ0n) is 7.19. The average molecular weight is 240 g/mol. The van der Waals surface area contributed by atoms with Crippen molar-refractivity contribution in [2.75, 3.05) is 6.54 Å². The quantitative estimate of drug-likeness (QED) is 0.744. The van der Waals surface area contributed by atoms with Gasteiger partial charge >= 0.3 is 0 Å². The van der Waals surface area contributed by atoms with Crippen molar-refractivity contribution in [1.82, 2.24) is 5.32 Å². The number of hydrogen-bond donors (Lipinski definition) is 1. The Morgan fingerprint density at radius 2 is 1.86 bits per heavy atom. The van der Waals surface area contributed by atoms with E-state index in [0.29, 0.717) is 0 Å². The second kappa shape index (κ2) is 4.43. The second-order valence-corrected chi connectivity index (χ2v) is 3.43. The third-order valence-corrected chi connectivity index (χ3v) is 2.64. The van der Waals surface area contributed by atoms with Gasteiger partial charge in [-0.1, -0.05) is 11.6 Å². The van der Waals surface area contributed by atoms with Gasteiger partial charge in [0.2, 0.25) is 0 Å². The Kier molecular flexibility index (Phi) is 3.70. The molecule has 1 saturated heterocycles. The van der Waals surface area contributed by atoms with Crippen LogP contribution >= 0.6 is 24.0 Å². The highest BCUT2D eigenvalue weighted by Crippen LogP contribution is 2.32. The molecule has 1 fully saturated rings. The fourth-order valence-electron chi connectivity index (χ4n) is 1.40. The largest absolute Gasteiger partial charge is 0.310 e. The Labute approximate surface area is 91.9 Å². The van der Waals surface area contributed by atoms with E-state index in [4.69, 9.17) is 11.6 Å². The fourth-order valence-corrected chi connectivity index (χ4v) is 1.68. The van der Waals surface area contributed by atoms with Gasteiger partial charge in [-0.05, 0) is 25.1 Å². The lowest BCUT2D eigenvalue weighted by atomic mass is 9.97. The minimum atomic E-state index is -0.563. The van der Waals surface area contributed by atoms with Gasteiger partial charge in [0.05, 0.1) is 5.02 Å². The normalized spacial score (nSPS) is 19.8. The first-order valence-electron chi connectivity index (χ1n) is 4.07. The Morgan fingerprint density at radius 1 is 1.29 bits per heavy atom. The van der Waals surface area contributed by atoms with Crippen molar-refractivity contribution in [3.05, 3.63) is 34.4 Å². The average Bonchev–Trinajstić information content (AvgIpc) is 2.02. The lowest BCUT2D eigenvalue weighted by Crippen LogP contribution is -2.35. The zero-order chi connectivity index (χ0) is 9.42. The predicted molar refractivity (Wildman–Crippen MR) is 54.0 cm³/mol. The molecular formula is C9H9Cl2F2N. The number of nitrogens with one attached hydrogen (secondary N) is 1. The number of rotatable bonds is 1. The molecular weight excluding hydrogens is 231 g/mol. The van der Waals surface area contributed by atoms with Crippen molar-refractivity contribution in [3.8, 4) is 0 Å².